The predicted molar refractivity (Wildman–Crippen MR) is 75.2 cm³/mol. The Morgan fingerprint density at radius 1 is 1.28 bits per heavy atom. The molecule has 96 valence electrons. The highest BCUT2D eigenvalue weighted by Crippen LogP contribution is 2.50. The van der Waals surface area contributed by atoms with Crippen LogP contribution in [0.1, 0.15) is 42.7 Å². The normalized spacial score (nSPS) is 37.9. The van der Waals surface area contributed by atoms with E-state index in [1.807, 2.05) is 0 Å². The Kier molecular flexibility index (Phi) is 2.25. The average molecular weight is 242 g/mol. The number of nitrogens with zero attached hydrogens (tertiary/aromatic N) is 1. The van der Waals surface area contributed by atoms with Gasteiger partial charge in [0.25, 0.3) is 0 Å². The summed E-state index contributed by atoms with van der Waals surface area (Å²) in [6.07, 6.45) is 2.73. The molecule has 0 aromatic heterocycles. The molecule has 3 aliphatic rings. The number of nitrogens with one attached hydrogen (secondary N) is 1. The molecule has 0 amide bonds. The molecule has 18 heavy (non-hydrogen) atoms. The molecule has 0 spiro atoms. The molecule has 2 unspecified atom stereocenters. The van der Waals surface area contributed by atoms with Crippen LogP contribution in [0.3, 0.4) is 0 Å². The van der Waals surface area contributed by atoms with E-state index >= 15 is 0 Å². The maximum absolute atomic E-state index is 3.60. The van der Waals surface area contributed by atoms with Crippen molar-refractivity contribution in [3.8, 4) is 0 Å². The molecule has 1 aromatic carbocycles. The molecular formula is C16H22N2. The van der Waals surface area contributed by atoms with Crippen molar-refractivity contribution in [1.29, 1.82) is 0 Å². The summed E-state index contributed by atoms with van der Waals surface area (Å²) in [5.74, 6) is 2.36. The molecule has 2 nitrogen and oxygen atoms in total. The second kappa shape index (κ2) is 3.74. The molecule has 0 saturated carbocycles. The second-order valence-corrected chi connectivity index (χ2v) is 6.58. The van der Waals surface area contributed by atoms with Gasteiger partial charge in [0.05, 0.1) is 0 Å². The zero-order valence-corrected chi connectivity index (χ0v) is 11.3. The van der Waals surface area contributed by atoms with E-state index in [-0.39, 0.29) is 0 Å². The Labute approximate surface area is 109 Å². The van der Waals surface area contributed by atoms with Crippen molar-refractivity contribution in [2.24, 2.45) is 5.92 Å². The average Bonchev–Trinajstić information content (AvgIpc) is 2.76. The fourth-order valence-corrected chi connectivity index (χ4v) is 4.62. The summed E-state index contributed by atoms with van der Waals surface area (Å²) in [6.45, 7) is 4.83. The largest absolute Gasteiger partial charge is 0.384 e. The minimum atomic E-state index is 0.758. The maximum atomic E-state index is 3.60. The van der Waals surface area contributed by atoms with Gasteiger partial charge in [0.2, 0.25) is 0 Å². The summed E-state index contributed by atoms with van der Waals surface area (Å²) < 4.78 is 0. The van der Waals surface area contributed by atoms with Crippen LogP contribution in [0.2, 0.25) is 0 Å². The second-order valence-electron chi connectivity index (χ2n) is 6.58. The third-order valence-corrected chi connectivity index (χ3v) is 5.30. The number of rotatable bonds is 0. The Morgan fingerprint density at radius 3 is 3.06 bits per heavy atom. The fourth-order valence-electron chi connectivity index (χ4n) is 4.62. The Morgan fingerprint density at radius 2 is 2.17 bits per heavy atom. The first-order chi connectivity index (χ1) is 8.74. The molecule has 1 aliphatic carbocycles. The van der Waals surface area contributed by atoms with Crippen molar-refractivity contribution in [1.82, 2.24) is 4.90 Å². The summed E-state index contributed by atoms with van der Waals surface area (Å²) >= 11 is 0. The van der Waals surface area contributed by atoms with Gasteiger partial charge in [0.1, 0.15) is 0 Å². The Hall–Kier alpha value is -1.02. The molecule has 0 radical (unpaired) electrons. The van der Waals surface area contributed by atoms with Gasteiger partial charge in [-0.05, 0) is 43.0 Å². The van der Waals surface area contributed by atoms with Gasteiger partial charge in [-0.15, -0.1) is 0 Å². The number of fused-ring (bicyclic) bond motifs is 2. The van der Waals surface area contributed by atoms with E-state index in [0.717, 1.165) is 30.3 Å². The molecular weight excluding hydrogens is 220 g/mol. The molecule has 1 N–H and O–H groups in total. The topological polar surface area (TPSA) is 15.3 Å². The molecule has 1 aromatic rings. The standard InChI is InChI=1S/C16H22N2/c1-10-6-13-12-4-3-5-14-16(12)11(8-17-14)7-15(13)18(2)9-10/h3-5,10-11,13,15,17H,6-9H2,1-2H3/t10?,11?,13-,15-/m1/s1. The van der Waals surface area contributed by atoms with E-state index in [9.17, 15) is 0 Å². The van der Waals surface area contributed by atoms with Crippen LogP contribution in [0.25, 0.3) is 0 Å². The lowest BCUT2D eigenvalue weighted by molar-refractivity contribution is 0.102. The van der Waals surface area contributed by atoms with Crippen LogP contribution in [0.5, 0.6) is 0 Å². The minimum Gasteiger partial charge on any atom is -0.384 e. The van der Waals surface area contributed by atoms with Gasteiger partial charge >= 0.3 is 0 Å². The first-order valence-electron chi connectivity index (χ1n) is 7.31. The zero-order chi connectivity index (χ0) is 12.3. The van der Waals surface area contributed by atoms with E-state index in [0.29, 0.717) is 0 Å². The Bertz CT molecular complexity index is 482. The van der Waals surface area contributed by atoms with Crippen LogP contribution in [0, 0.1) is 5.92 Å². The van der Waals surface area contributed by atoms with Gasteiger partial charge in [-0.2, -0.15) is 0 Å². The lowest BCUT2D eigenvalue weighted by Crippen LogP contribution is -2.47. The van der Waals surface area contributed by atoms with Gasteiger partial charge < -0.3 is 10.2 Å². The molecule has 0 bridgehead atoms. The number of piperidine rings is 1. The highest BCUT2D eigenvalue weighted by Gasteiger charge is 2.42. The molecule has 1 saturated heterocycles. The van der Waals surface area contributed by atoms with Crippen molar-refractivity contribution in [3.05, 3.63) is 29.3 Å². The number of anilines is 1. The first-order valence-corrected chi connectivity index (χ1v) is 7.31. The number of hydrogen-bond acceptors (Lipinski definition) is 2. The van der Waals surface area contributed by atoms with Crippen molar-refractivity contribution in [3.63, 3.8) is 0 Å². The van der Waals surface area contributed by atoms with Gasteiger partial charge in [0, 0.05) is 36.7 Å². The Balaban J connectivity index is 1.83. The SMILES string of the molecule is CC1C[C@@H]2c3cccc4c3C(CN4)C[C@H]2N(C)C1. The monoisotopic (exact) mass is 242 g/mol. The third-order valence-electron chi connectivity index (χ3n) is 5.30. The minimum absolute atomic E-state index is 0.758. The highest BCUT2D eigenvalue weighted by molar-refractivity contribution is 5.63. The number of likely N-dealkylation sites (N-methyl/N-ethyl adjacent to an activating group) is 1. The lowest BCUT2D eigenvalue weighted by atomic mass is 9.69. The van der Waals surface area contributed by atoms with Crippen LogP contribution >= 0.6 is 0 Å². The van der Waals surface area contributed by atoms with Crippen LogP contribution in [-0.4, -0.2) is 31.1 Å². The predicted octanol–water partition coefficient (Wildman–Crippen LogP) is 3.02. The number of likely N-dealkylation sites (tertiary alicyclic amines) is 1. The van der Waals surface area contributed by atoms with Crippen LogP contribution in [0.4, 0.5) is 5.69 Å². The van der Waals surface area contributed by atoms with E-state index in [1.165, 1.54) is 25.1 Å². The molecule has 1 fully saturated rings. The van der Waals surface area contributed by atoms with E-state index in [2.05, 4.69) is 42.4 Å². The summed E-state index contributed by atoms with van der Waals surface area (Å²) in [7, 11) is 2.32. The van der Waals surface area contributed by atoms with Gasteiger partial charge in [-0.1, -0.05) is 19.1 Å². The zero-order valence-electron chi connectivity index (χ0n) is 11.3. The van der Waals surface area contributed by atoms with E-state index in [1.54, 1.807) is 11.1 Å². The van der Waals surface area contributed by atoms with Gasteiger partial charge in [-0.3, -0.25) is 0 Å². The smallest absolute Gasteiger partial charge is 0.0379 e. The van der Waals surface area contributed by atoms with Gasteiger partial charge in [0.15, 0.2) is 0 Å². The van der Waals surface area contributed by atoms with Crippen molar-refractivity contribution >= 4 is 5.69 Å². The lowest BCUT2D eigenvalue weighted by Gasteiger charge is -2.47. The summed E-state index contributed by atoms with van der Waals surface area (Å²) in [5, 5.41) is 3.60. The molecule has 4 atom stereocenters. The molecule has 2 heteroatoms. The molecule has 2 aliphatic heterocycles. The quantitative estimate of drug-likeness (QED) is 0.752. The van der Waals surface area contributed by atoms with Crippen LogP contribution in [-0.2, 0) is 0 Å². The summed E-state index contributed by atoms with van der Waals surface area (Å²) in [5.41, 5.74) is 4.72. The fraction of sp³-hybridized carbons (Fsp3) is 0.625. The van der Waals surface area contributed by atoms with Crippen molar-refractivity contribution in [2.45, 2.75) is 37.6 Å². The van der Waals surface area contributed by atoms with Crippen LogP contribution < -0.4 is 5.32 Å². The maximum Gasteiger partial charge on any atom is 0.0379 e. The van der Waals surface area contributed by atoms with E-state index in [4.69, 9.17) is 0 Å². The number of hydrogen-bond donors (Lipinski definition) is 1. The summed E-state index contributed by atoms with van der Waals surface area (Å²) in [6, 6.07) is 7.66. The van der Waals surface area contributed by atoms with Crippen molar-refractivity contribution < 1.29 is 0 Å². The molecule has 4 rings (SSSR count). The summed E-state index contributed by atoms with van der Waals surface area (Å²) in [4.78, 5) is 2.62. The van der Waals surface area contributed by atoms with Crippen LogP contribution in [0.15, 0.2) is 18.2 Å². The van der Waals surface area contributed by atoms with Crippen molar-refractivity contribution in [2.75, 3.05) is 25.5 Å². The highest BCUT2D eigenvalue weighted by atomic mass is 15.1. The first kappa shape index (κ1) is 10.9. The molecule has 2 heterocycles. The van der Waals surface area contributed by atoms with E-state index < -0.39 is 0 Å². The third kappa shape index (κ3) is 1.38. The van der Waals surface area contributed by atoms with Gasteiger partial charge in [-0.25, -0.2) is 0 Å². The number of benzene rings is 1.